The standard InChI is InChI=1S/C12H20O4/c1-9-5-3-2-4-6-10(13)11(14)7-8-12(15)16-9/h7-11,13-14H,2-6H2,1H3/b8-7-. The van der Waals surface area contributed by atoms with Crippen LogP contribution in [-0.2, 0) is 9.53 Å². The molecule has 1 aliphatic heterocycles. The quantitative estimate of drug-likeness (QED) is 0.611. The van der Waals surface area contributed by atoms with Crippen molar-refractivity contribution in [3.8, 4) is 0 Å². The molecule has 16 heavy (non-hydrogen) atoms. The molecule has 4 heteroatoms. The predicted octanol–water partition coefficient (Wildman–Crippen LogP) is 1.16. The Balaban J connectivity index is 2.58. The average molecular weight is 228 g/mol. The zero-order chi connectivity index (χ0) is 12.0. The number of aliphatic hydroxyl groups is 2. The maximum atomic E-state index is 11.3. The van der Waals surface area contributed by atoms with Gasteiger partial charge in [0, 0.05) is 6.08 Å². The number of hydrogen-bond donors (Lipinski definition) is 2. The molecule has 0 saturated carbocycles. The van der Waals surface area contributed by atoms with E-state index in [-0.39, 0.29) is 6.10 Å². The van der Waals surface area contributed by atoms with E-state index in [9.17, 15) is 15.0 Å². The van der Waals surface area contributed by atoms with E-state index in [1.165, 1.54) is 12.2 Å². The third-order valence-corrected chi connectivity index (χ3v) is 2.75. The van der Waals surface area contributed by atoms with Gasteiger partial charge in [-0.1, -0.05) is 12.8 Å². The maximum absolute atomic E-state index is 11.3. The SMILES string of the molecule is CC1CCCCCC(O)C(O)/C=C\C(=O)O1. The van der Waals surface area contributed by atoms with Gasteiger partial charge in [-0.25, -0.2) is 4.79 Å². The molecule has 0 spiro atoms. The Labute approximate surface area is 95.9 Å². The van der Waals surface area contributed by atoms with Crippen LogP contribution in [0.3, 0.4) is 0 Å². The fourth-order valence-electron chi connectivity index (χ4n) is 1.73. The molecule has 0 aromatic carbocycles. The summed E-state index contributed by atoms with van der Waals surface area (Å²) in [6.07, 6.45) is 4.87. The fraction of sp³-hybridized carbons (Fsp3) is 0.750. The molecule has 0 aromatic rings. The van der Waals surface area contributed by atoms with Crippen LogP contribution in [0.4, 0.5) is 0 Å². The highest BCUT2D eigenvalue weighted by Gasteiger charge is 2.15. The van der Waals surface area contributed by atoms with Gasteiger partial charge in [0.1, 0.15) is 0 Å². The zero-order valence-electron chi connectivity index (χ0n) is 9.63. The van der Waals surface area contributed by atoms with Crippen molar-refractivity contribution in [1.82, 2.24) is 0 Å². The fourth-order valence-corrected chi connectivity index (χ4v) is 1.73. The Morgan fingerprint density at radius 3 is 2.69 bits per heavy atom. The minimum Gasteiger partial charge on any atom is -0.460 e. The average Bonchev–Trinajstić information content (AvgIpc) is 2.23. The summed E-state index contributed by atoms with van der Waals surface area (Å²) < 4.78 is 5.09. The molecular weight excluding hydrogens is 208 g/mol. The van der Waals surface area contributed by atoms with Crippen LogP contribution < -0.4 is 0 Å². The van der Waals surface area contributed by atoms with E-state index in [2.05, 4.69) is 0 Å². The highest BCUT2D eigenvalue weighted by atomic mass is 16.5. The van der Waals surface area contributed by atoms with Gasteiger partial charge in [-0.15, -0.1) is 0 Å². The number of ether oxygens (including phenoxy) is 1. The van der Waals surface area contributed by atoms with Crippen LogP contribution in [0.1, 0.15) is 39.0 Å². The van der Waals surface area contributed by atoms with Crippen molar-refractivity contribution in [2.45, 2.75) is 57.3 Å². The van der Waals surface area contributed by atoms with E-state index in [1.807, 2.05) is 6.92 Å². The predicted molar refractivity (Wildman–Crippen MR) is 59.8 cm³/mol. The molecule has 0 fully saturated rings. The van der Waals surface area contributed by atoms with Crippen molar-refractivity contribution in [3.05, 3.63) is 12.2 Å². The van der Waals surface area contributed by atoms with Gasteiger partial charge < -0.3 is 14.9 Å². The number of esters is 1. The molecule has 1 rings (SSSR count). The molecule has 4 nitrogen and oxygen atoms in total. The summed E-state index contributed by atoms with van der Waals surface area (Å²) >= 11 is 0. The Morgan fingerprint density at radius 1 is 1.25 bits per heavy atom. The third kappa shape index (κ3) is 4.77. The largest absolute Gasteiger partial charge is 0.460 e. The molecule has 0 bridgehead atoms. The van der Waals surface area contributed by atoms with Crippen LogP contribution in [0, 0.1) is 0 Å². The van der Waals surface area contributed by atoms with Gasteiger partial charge in [0.2, 0.25) is 0 Å². The summed E-state index contributed by atoms with van der Waals surface area (Å²) in [4.78, 5) is 11.3. The van der Waals surface area contributed by atoms with Gasteiger partial charge in [-0.2, -0.15) is 0 Å². The lowest BCUT2D eigenvalue weighted by Gasteiger charge is -2.16. The molecule has 1 heterocycles. The van der Waals surface area contributed by atoms with Gasteiger partial charge in [0.05, 0.1) is 18.3 Å². The number of aliphatic hydroxyl groups excluding tert-OH is 2. The molecule has 2 N–H and O–H groups in total. The second-order valence-electron chi connectivity index (χ2n) is 4.30. The zero-order valence-corrected chi connectivity index (χ0v) is 9.63. The van der Waals surface area contributed by atoms with E-state index in [1.54, 1.807) is 0 Å². The molecule has 3 atom stereocenters. The Bertz CT molecular complexity index is 249. The van der Waals surface area contributed by atoms with E-state index >= 15 is 0 Å². The first-order chi connectivity index (χ1) is 7.59. The number of rotatable bonds is 0. The van der Waals surface area contributed by atoms with Gasteiger partial charge >= 0.3 is 5.97 Å². The van der Waals surface area contributed by atoms with Crippen LogP contribution in [0.5, 0.6) is 0 Å². The molecule has 0 aliphatic carbocycles. The van der Waals surface area contributed by atoms with E-state index in [4.69, 9.17) is 4.74 Å². The van der Waals surface area contributed by atoms with E-state index in [0.29, 0.717) is 6.42 Å². The van der Waals surface area contributed by atoms with E-state index in [0.717, 1.165) is 25.7 Å². The highest BCUT2D eigenvalue weighted by Crippen LogP contribution is 2.13. The molecule has 92 valence electrons. The smallest absolute Gasteiger partial charge is 0.330 e. The van der Waals surface area contributed by atoms with Gasteiger partial charge in [-0.3, -0.25) is 0 Å². The van der Waals surface area contributed by atoms with Crippen LogP contribution in [0.15, 0.2) is 12.2 Å². The van der Waals surface area contributed by atoms with Crippen LogP contribution >= 0.6 is 0 Å². The Morgan fingerprint density at radius 2 is 1.94 bits per heavy atom. The summed E-state index contributed by atoms with van der Waals surface area (Å²) in [5.74, 6) is -0.459. The van der Waals surface area contributed by atoms with Crippen molar-refractivity contribution in [2.24, 2.45) is 0 Å². The lowest BCUT2D eigenvalue weighted by Crippen LogP contribution is -2.24. The minimum absolute atomic E-state index is 0.0846. The van der Waals surface area contributed by atoms with Crippen molar-refractivity contribution in [1.29, 1.82) is 0 Å². The molecule has 1 aliphatic rings. The number of carbonyl (C=O) groups excluding carboxylic acids is 1. The van der Waals surface area contributed by atoms with Gasteiger partial charge in [-0.05, 0) is 32.3 Å². The van der Waals surface area contributed by atoms with E-state index < -0.39 is 18.2 Å². The molecule has 0 aromatic heterocycles. The van der Waals surface area contributed by atoms with Gasteiger partial charge in [0.15, 0.2) is 0 Å². The Kier molecular flexibility index (Phi) is 5.49. The summed E-state index contributed by atoms with van der Waals surface area (Å²) in [6.45, 7) is 1.86. The summed E-state index contributed by atoms with van der Waals surface area (Å²) in [5.41, 5.74) is 0. The van der Waals surface area contributed by atoms with Crippen molar-refractivity contribution < 1.29 is 19.7 Å². The first-order valence-electron chi connectivity index (χ1n) is 5.84. The molecular formula is C12H20O4. The molecule has 0 radical (unpaired) electrons. The Hall–Kier alpha value is -0.870. The summed E-state index contributed by atoms with van der Waals surface area (Å²) in [7, 11) is 0. The summed E-state index contributed by atoms with van der Waals surface area (Å²) in [5, 5.41) is 19.0. The lowest BCUT2D eigenvalue weighted by atomic mass is 10.0. The highest BCUT2D eigenvalue weighted by molar-refractivity contribution is 5.82. The first-order valence-corrected chi connectivity index (χ1v) is 5.84. The lowest BCUT2D eigenvalue weighted by molar-refractivity contribution is -0.142. The van der Waals surface area contributed by atoms with Crippen molar-refractivity contribution in [2.75, 3.05) is 0 Å². The molecule has 3 unspecified atom stereocenters. The maximum Gasteiger partial charge on any atom is 0.330 e. The second-order valence-corrected chi connectivity index (χ2v) is 4.30. The normalized spacial score (nSPS) is 35.7. The monoisotopic (exact) mass is 228 g/mol. The number of carbonyl (C=O) groups is 1. The molecule has 0 saturated heterocycles. The first kappa shape index (κ1) is 13.2. The van der Waals surface area contributed by atoms with Crippen molar-refractivity contribution in [3.63, 3.8) is 0 Å². The third-order valence-electron chi connectivity index (χ3n) is 2.75. The topological polar surface area (TPSA) is 66.8 Å². The molecule has 0 amide bonds. The van der Waals surface area contributed by atoms with Crippen LogP contribution in [0.2, 0.25) is 0 Å². The second kappa shape index (κ2) is 6.66. The van der Waals surface area contributed by atoms with Crippen LogP contribution in [0.25, 0.3) is 0 Å². The van der Waals surface area contributed by atoms with Crippen LogP contribution in [-0.4, -0.2) is 34.5 Å². The summed E-state index contributed by atoms with van der Waals surface area (Å²) in [6, 6.07) is 0. The van der Waals surface area contributed by atoms with Crippen molar-refractivity contribution >= 4 is 5.97 Å². The van der Waals surface area contributed by atoms with Gasteiger partial charge in [0.25, 0.3) is 0 Å². The minimum atomic E-state index is -0.984. The number of hydrogen-bond acceptors (Lipinski definition) is 4. The number of cyclic esters (lactones) is 1.